The fraction of sp³-hybridized carbons (Fsp3) is 0.250. The van der Waals surface area contributed by atoms with Crippen molar-refractivity contribution < 1.29 is 4.74 Å². The first kappa shape index (κ1) is 22.4. The maximum atomic E-state index is 9.73. The van der Waals surface area contributed by atoms with Gasteiger partial charge in [0.2, 0.25) is 0 Å². The van der Waals surface area contributed by atoms with Crippen LogP contribution in [0.2, 0.25) is 10.0 Å². The summed E-state index contributed by atoms with van der Waals surface area (Å²) in [5, 5.41) is 18.9. The molecule has 4 aromatic rings. The van der Waals surface area contributed by atoms with Crippen molar-refractivity contribution in [2.75, 3.05) is 18.0 Å². The van der Waals surface area contributed by atoms with Crippen LogP contribution < -0.4 is 15.4 Å². The summed E-state index contributed by atoms with van der Waals surface area (Å²) in [6, 6.07) is 9.68. The van der Waals surface area contributed by atoms with Crippen LogP contribution in [0.15, 0.2) is 42.9 Å². The molecule has 10 heteroatoms. The number of fused-ring (bicyclic) bond motifs is 1. The molecule has 0 aliphatic carbocycles. The summed E-state index contributed by atoms with van der Waals surface area (Å²) in [6.45, 7) is 5.17. The summed E-state index contributed by atoms with van der Waals surface area (Å²) < 4.78 is 6.14. The highest BCUT2D eigenvalue weighted by atomic mass is 35.5. The number of ether oxygens (including phenoxy) is 1. The average Bonchev–Trinajstić information content (AvgIpc) is 3.20. The van der Waals surface area contributed by atoms with E-state index in [1.165, 1.54) is 12.4 Å². The average molecular weight is 494 g/mol. The molecule has 4 heterocycles. The number of anilines is 1. The molecule has 34 heavy (non-hydrogen) atoms. The first-order chi connectivity index (χ1) is 16.3. The van der Waals surface area contributed by atoms with Crippen molar-refractivity contribution in [3.8, 4) is 23.1 Å². The topological polar surface area (TPSA) is 117 Å². The van der Waals surface area contributed by atoms with Gasteiger partial charge in [0.25, 0.3) is 0 Å². The van der Waals surface area contributed by atoms with Crippen LogP contribution in [0.4, 0.5) is 5.82 Å². The number of nitrogens with two attached hydrogens (primary N) is 1. The van der Waals surface area contributed by atoms with Crippen molar-refractivity contribution in [3.63, 3.8) is 0 Å². The molecule has 1 saturated heterocycles. The molecule has 0 amide bonds. The molecule has 0 spiro atoms. The molecule has 0 unspecified atom stereocenters. The Morgan fingerprint density at radius 1 is 1.21 bits per heavy atom. The Morgan fingerprint density at radius 3 is 2.62 bits per heavy atom. The van der Waals surface area contributed by atoms with E-state index in [1.807, 2.05) is 36.9 Å². The van der Waals surface area contributed by atoms with Crippen molar-refractivity contribution in [3.05, 3.63) is 64.0 Å². The Hall–Kier alpha value is -3.38. The Morgan fingerprint density at radius 2 is 1.94 bits per heavy atom. The number of hydrogen-bond donors (Lipinski definition) is 2. The van der Waals surface area contributed by atoms with E-state index in [1.54, 1.807) is 12.3 Å². The van der Waals surface area contributed by atoms with Crippen molar-refractivity contribution in [2.24, 2.45) is 5.73 Å². The lowest BCUT2D eigenvalue weighted by Crippen LogP contribution is -2.66. The Labute approximate surface area is 206 Å². The lowest BCUT2D eigenvalue weighted by atomic mass is 9.93. The second kappa shape index (κ2) is 8.44. The van der Waals surface area contributed by atoms with Crippen LogP contribution >= 0.6 is 23.2 Å². The summed E-state index contributed by atoms with van der Waals surface area (Å²) in [6.07, 6.45) is 4.41. The number of benzene rings is 1. The maximum absolute atomic E-state index is 9.73. The van der Waals surface area contributed by atoms with Crippen LogP contribution in [-0.4, -0.2) is 38.8 Å². The summed E-state index contributed by atoms with van der Waals surface area (Å²) >= 11 is 12.6. The van der Waals surface area contributed by atoms with Gasteiger partial charge in [0.15, 0.2) is 0 Å². The number of halogens is 2. The smallest absolute Gasteiger partial charge is 0.146 e. The molecule has 5 rings (SSSR count). The Bertz CT molecular complexity index is 1420. The summed E-state index contributed by atoms with van der Waals surface area (Å²) in [5.74, 6) is 1.26. The van der Waals surface area contributed by atoms with Crippen LogP contribution in [0.3, 0.4) is 0 Å². The van der Waals surface area contributed by atoms with Gasteiger partial charge in [-0.15, -0.1) is 0 Å². The number of rotatable bonds is 5. The number of nitrogens with one attached hydrogen (secondary N) is 1. The van der Waals surface area contributed by atoms with Gasteiger partial charge in [-0.2, -0.15) is 10.4 Å². The minimum Gasteiger partial charge on any atom is -0.486 e. The van der Waals surface area contributed by atoms with Crippen LogP contribution in [0.1, 0.15) is 31.1 Å². The lowest BCUT2D eigenvalue weighted by molar-refractivity contribution is 0.227. The zero-order valence-electron chi connectivity index (χ0n) is 18.5. The highest BCUT2D eigenvalue weighted by Crippen LogP contribution is 2.36. The predicted octanol–water partition coefficient (Wildman–Crippen LogP) is 4.88. The van der Waals surface area contributed by atoms with Gasteiger partial charge in [-0.05, 0) is 38.1 Å². The van der Waals surface area contributed by atoms with Gasteiger partial charge < -0.3 is 15.4 Å². The van der Waals surface area contributed by atoms with E-state index in [-0.39, 0.29) is 5.54 Å². The lowest BCUT2D eigenvalue weighted by Gasteiger charge is -2.46. The molecule has 0 bridgehead atoms. The van der Waals surface area contributed by atoms with E-state index < -0.39 is 6.10 Å². The van der Waals surface area contributed by atoms with E-state index in [0.717, 1.165) is 16.5 Å². The molecule has 3 N–H and O–H groups in total. The Kier molecular flexibility index (Phi) is 5.56. The third-order valence-electron chi connectivity index (χ3n) is 5.81. The molecule has 0 radical (unpaired) electrons. The number of nitriles is 1. The van der Waals surface area contributed by atoms with E-state index in [2.05, 4.69) is 26.2 Å². The van der Waals surface area contributed by atoms with Crippen LogP contribution in [-0.2, 0) is 0 Å². The number of hydrogen-bond acceptors (Lipinski definition) is 7. The molecular formula is C24H21Cl2N7O. The van der Waals surface area contributed by atoms with Crippen molar-refractivity contribution >= 4 is 39.9 Å². The SMILES string of the molecule is C[C@@H](Oc1ccc2[nH]nc(-c3cnc(N4CC(C)(N)C4)c(C#N)c3)c2c1)c1c(Cl)cncc1Cl. The van der Waals surface area contributed by atoms with Crippen molar-refractivity contribution in [2.45, 2.75) is 25.5 Å². The van der Waals surface area contributed by atoms with Gasteiger partial charge in [0, 0.05) is 53.7 Å². The zero-order valence-corrected chi connectivity index (χ0v) is 20.0. The minimum absolute atomic E-state index is 0.260. The molecule has 8 nitrogen and oxygen atoms in total. The van der Waals surface area contributed by atoms with Crippen molar-refractivity contribution in [1.29, 1.82) is 5.26 Å². The zero-order chi connectivity index (χ0) is 24.0. The van der Waals surface area contributed by atoms with Gasteiger partial charge >= 0.3 is 0 Å². The minimum atomic E-state index is -0.397. The second-order valence-electron chi connectivity index (χ2n) is 8.77. The summed E-state index contributed by atoms with van der Waals surface area (Å²) in [7, 11) is 0. The highest BCUT2D eigenvalue weighted by Gasteiger charge is 2.36. The first-order valence-electron chi connectivity index (χ1n) is 10.6. The number of nitrogens with zero attached hydrogens (tertiary/aromatic N) is 5. The van der Waals surface area contributed by atoms with Gasteiger partial charge in [-0.25, -0.2) is 4.98 Å². The third kappa shape index (κ3) is 4.03. The van der Waals surface area contributed by atoms with E-state index in [0.29, 0.717) is 51.5 Å². The molecule has 0 saturated carbocycles. The largest absolute Gasteiger partial charge is 0.486 e. The molecule has 1 fully saturated rings. The number of aromatic amines is 1. The number of aromatic nitrogens is 4. The van der Waals surface area contributed by atoms with E-state index >= 15 is 0 Å². The van der Waals surface area contributed by atoms with Gasteiger partial charge in [-0.1, -0.05) is 23.2 Å². The van der Waals surface area contributed by atoms with Gasteiger partial charge in [-0.3, -0.25) is 10.1 Å². The summed E-state index contributed by atoms with van der Waals surface area (Å²) in [5.41, 5.74) is 9.24. The fourth-order valence-electron chi connectivity index (χ4n) is 4.26. The maximum Gasteiger partial charge on any atom is 0.146 e. The fourth-order valence-corrected chi connectivity index (χ4v) is 4.93. The predicted molar refractivity (Wildman–Crippen MR) is 132 cm³/mol. The number of pyridine rings is 2. The van der Waals surface area contributed by atoms with Crippen LogP contribution in [0, 0.1) is 11.3 Å². The molecule has 172 valence electrons. The highest BCUT2D eigenvalue weighted by molar-refractivity contribution is 6.35. The second-order valence-corrected chi connectivity index (χ2v) is 9.59. The van der Waals surface area contributed by atoms with Crippen molar-refractivity contribution in [1.82, 2.24) is 20.2 Å². The molecule has 3 aromatic heterocycles. The standard InChI is InChI=1S/C24H21Cl2N7O/c1-13(21-18(25)9-29-10-19(21)26)34-16-3-4-20-17(6-16)22(32-31-20)15-5-14(7-27)23(30-8-15)33-11-24(2,28)12-33/h3-6,8-10,13H,11-12,28H2,1-2H3,(H,31,32)/t13-/m1/s1. The van der Waals surface area contributed by atoms with Gasteiger partial charge in [0.05, 0.1) is 21.1 Å². The number of H-pyrrole nitrogens is 1. The van der Waals surface area contributed by atoms with E-state index in [4.69, 9.17) is 33.7 Å². The van der Waals surface area contributed by atoms with Crippen LogP contribution in [0.5, 0.6) is 5.75 Å². The molecular weight excluding hydrogens is 473 g/mol. The molecule has 1 aromatic carbocycles. The monoisotopic (exact) mass is 493 g/mol. The van der Waals surface area contributed by atoms with E-state index in [9.17, 15) is 5.26 Å². The third-order valence-corrected chi connectivity index (χ3v) is 6.41. The normalized spacial score (nSPS) is 15.6. The van der Waals surface area contributed by atoms with Crippen LogP contribution in [0.25, 0.3) is 22.2 Å². The Balaban J connectivity index is 1.46. The van der Waals surface area contributed by atoms with Gasteiger partial charge in [0.1, 0.15) is 29.4 Å². The quantitative estimate of drug-likeness (QED) is 0.406. The first-order valence-corrected chi connectivity index (χ1v) is 11.4. The molecule has 1 aliphatic rings. The summed E-state index contributed by atoms with van der Waals surface area (Å²) in [4.78, 5) is 10.6. The molecule has 1 aliphatic heterocycles. The molecule has 1 atom stereocenters.